The van der Waals surface area contributed by atoms with Gasteiger partial charge in [0.15, 0.2) is 6.10 Å². The molecule has 21 nitrogen and oxygen atoms in total. The molecule has 3 heterocycles. The van der Waals surface area contributed by atoms with Crippen LogP contribution >= 0.6 is 15.6 Å². The number of unbranched alkanes of at least 4 members (excludes halogenated alkanes) is 5. The number of phosphoric ester groups is 2. The molecule has 1 aromatic heterocycles. The molecule has 0 amide bonds. The molecule has 0 aromatic carbocycles. The Balaban J connectivity index is 1.72. The third kappa shape index (κ3) is 28.0. The number of nitrogen functional groups attached to an aromatic ring is 1. The number of aliphatic hydroxyl groups is 4. The van der Waals surface area contributed by atoms with E-state index in [9.17, 15) is 58.5 Å². The summed E-state index contributed by atoms with van der Waals surface area (Å²) >= 11 is 0. The van der Waals surface area contributed by atoms with Crippen molar-refractivity contribution in [3.8, 4) is 0 Å². The van der Waals surface area contributed by atoms with Crippen molar-refractivity contribution in [3.05, 3.63) is 95.7 Å². The van der Waals surface area contributed by atoms with Crippen LogP contribution in [-0.2, 0) is 51.1 Å². The topological polar surface area (TPSA) is 323 Å². The Kier molecular flexibility index (Phi) is 32.8. The number of allylic oxidation sites excluding steroid dienone is 10. The van der Waals surface area contributed by atoms with E-state index >= 15 is 0 Å². The maximum atomic E-state index is 14.3. The van der Waals surface area contributed by atoms with Crippen molar-refractivity contribution in [1.29, 1.82) is 0 Å². The van der Waals surface area contributed by atoms with Gasteiger partial charge in [-0.2, -0.15) is 9.29 Å². The van der Waals surface area contributed by atoms with Gasteiger partial charge >= 0.3 is 33.3 Å². The van der Waals surface area contributed by atoms with Gasteiger partial charge in [0.1, 0.15) is 36.6 Å². The summed E-state index contributed by atoms with van der Waals surface area (Å²) in [5.41, 5.74) is 4.75. The number of ether oxygens (including phenoxy) is 3. The third-order valence-electron chi connectivity index (χ3n) is 12.7. The molecule has 2 fully saturated rings. The molecule has 0 spiro atoms. The largest absolute Gasteiger partial charge is 0.481 e. The Hall–Kier alpha value is -4.21. The number of esters is 2. The lowest BCUT2D eigenvalue weighted by atomic mass is 9.83. The van der Waals surface area contributed by atoms with Crippen LogP contribution < -0.4 is 11.4 Å². The van der Waals surface area contributed by atoms with Gasteiger partial charge in [0.2, 0.25) is 0 Å². The van der Waals surface area contributed by atoms with Crippen LogP contribution in [0.3, 0.4) is 0 Å². The Morgan fingerprint density at radius 1 is 0.818 bits per heavy atom. The molecule has 1 aromatic rings. The molecule has 0 radical (unpaired) electrons. The normalized spacial score (nSPS) is 28.8. The Morgan fingerprint density at radius 2 is 1.42 bits per heavy atom. The number of carbonyl (C=O) groups excluding carboxylic acids is 3. The van der Waals surface area contributed by atoms with Crippen molar-refractivity contribution < 1.29 is 81.3 Å². The number of hydrogen-bond donors (Lipinski definition) is 7. The molecule has 0 saturated carbocycles. The summed E-state index contributed by atoms with van der Waals surface area (Å²) in [6.45, 7) is 1.39. The zero-order chi connectivity index (χ0) is 56.5. The van der Waals surface area contributed by atoms with Crippen LogP contribution in [0.2, 0.25) is 0 Å². The first-order valence-electron chi connectivity index (χ1n) is 27.1. The second-order valence-electron chi connectivity index (χ2n) is 19.2. The zero-order valence-electron chi connectivity index (χ0n) is 44.7. The second-order valence-corrected chi connectivity index (χ2v) is 22.2. The minimum Gasteiger partial charge on any atom is -0.462 e. The molecular formula is C54H85N3O18P2. The van der Waals surface area contributed by atoms with Crippen molar-refractivity contribution in [2.24, 2.45) is 11.8 Å². The molecule has 11 atom stereocenters. The summed E-state index contributed by atoms with van der Waals surface area (Å²) < 4.78 is 58.9. The number of nitrogens with zero attached hydrogens (tertiary/aromatic N) is 2. The molecule has 77 heavy (non-hydrogen) atoms. The first kappa shape index (κ1) is 67.1. The smallest absolute Gasteiger partial charge is 0.462 e. The minimum absolute atomic E-state index is 0.0123. The average molecular weight is 1130 g/mol. The number of aromatic nitrogens is 2. The highest BCUT2D eigenvalue weighted by atomic mass is 31.3. The van der Waals surface area contributed by atoms with Gasteiger partial charge in [-0.1, -0.05) is 138 Å². The van der Waals surface area contributed by atoms with Crippen LogP contribution in [0.4, 0.5) is 5.82 Å². The highest BCUT2D eigenvalue weighted by Crippen LogP contribution is 2.60. The predicted molar refractivity (Wildman–Crippen MR) is 289 cm³/mol. The van der Waals surface area contributed by atoms with Crippen LogP contribution in [0.5, 0.6) is 0 Å². The highest BCUT2D eigenvalue weighted by Gasteiger charge is 2.45. The van der Waals surface area contributed by atoms with Crippen LogP contribution in [0.25, 0.3) is 0 Å². The summed E-state index contributed by atoms with van der Waals surface area (Å²) in [4.78, 5) is 78.4. The lowest BCUT2D eigenvalue weighted by molar-refractivity contribution is -0.184. The van der Waals surface area contributed by atoms with E-state index in [1.807, 2.05) is 31.2 Å². The number of Topliss-reactive ketones (excluding diaryl/α,β-unsaturated/α-hetero) is 1. The van der Waals surface area contributed by atoms with Crippen LogP contribution in [0, 0.1) is 11.8 Å². The number of ketones is 1. The fourth-order valence-corrected chi connectivity index (χ4v) is 10.5. The van der Waals surface area contributed by atoms with Crippen LogP contribution in [0.1, 0.15) is 155 Å². The fourth-order valence-electron chi connectivity index (χ4n) is 8.36. The maximum Gasteiger partial charge on any atom is 0.481 e. The predicted octanol–water partition coefficient (Wildman–Crippen LogP) is 8.26. The third-order valence-corrected chi connectivity index (χ3v) is 15.3. The molecule has 2 aliphatic heterocycles. The number of phosphoric acid groups is 2. The van der Waals surface area contributed by atoms with E-state index in [1.54, 1.807) is 0 Å². The molecule has 434 valence electrons. The van der Waals surface area contributed by atoms with E-state index < -0.39 is 120 Å². The first-order chi connectivity index (χ1) is 36.9. The highest BCUT2D eigenvalue weighted by molar-refractivity contribution is 7.61. The monoisotopic (exact) mass is 1130 g/mol. The van der Waals surface area contributed by atoms with Gasteiger partial charge in [0, 0.05) is 31.4 Å². The van der Waals surface area contributed by atoms with Crippen molar-refractivity contribution in [1.82, 2.24) is 9.55 Å². The van der Waals surface area contributed by atoms with Crippen molar-refractivity contribution in [2.75, 3.05) is 25.6 Å². The maximum absolute atomic E-state index is 14.3. The number of hydrogen-bond acceptors (Lipinski definition) is 18. The SMILES string of the molecule is CCCCC/C=C\C/C=C\C/C=C\C/C=C\C/C=C\CCC(=O)OC[C@@H]1COP(=O)(O)OP(=O)(O)OC[C@H]2O[C@@H](n3ccc(N)nc3=O)[C@@H](CCCCCCC(=O)O1)C(=O)C[C@@H](O)[C@H](/C=C\[C@@H](O)CCCCC)[C@H](O)[C@@H]2O. The molecule has 0 aliphatic carbocycles. The number of cyclic esters (lactones) is 1. The number of carbonyl (C=O) groups is 3. The number of nitrogens with two attached hydrogens (primary N) is 1. The summed E-state index contributed by atoms with van der Waals surface area (Å²) in [6, 6.07) is 1.23. The number of aliphatic hydroxyl groups excluding tert-OH is 4. The van der Waals surface area contributed by atoms with Crippen molar-refractivity contribution in [3.63, 3.8) is 0 Å². The summed E-state index contributed by atoms with van der Waals surface area (Å²) in [7, 11) is -11.3. The minimum atomic E-state index is -5.73. The Labute approximate surface area is 453 Å². The lowest BCUT2D eigenvalue weighted by Crippen LogP contribution is -2.51. The summed E-state index contributed by atoms with van der Waals surface area (Å²) in [5.74, 6) is -5.05. The lowest BCUT2D eigenvalue weighted by Gasteiger charge is -2.38. The van der Waals surface area contributed by atoms with E-state index in [4.69, 9.17) is 29.0 Å². The van der Waals surface area contributed by atoms with Gasteiger partial charge < -0.3 is 50.2 Å². The molecule has 2 bridgehead atoms. The van der Waals surface area contributed by atoms with E-state index in [2.05, 4.69) is 52.7 Å². The summed E-state index contributed by atoms with van der Waals surface area (Å²) in [5, 5.41) is 45.5. The van der Waals surface area contributed by atoms with E-state index in [1.165, 1.54) is 37.5 Å². The zero-order valence-corrected chi connectivity index (χ0v) is 46.5. The van der Waals surface area contributed by atoms with Gasteiger partial charge in [-0.05, 0) is 70.3 Å². The molecule has 23 heteroatoms. The van der Waals surface area contributed by atoms with Gasteiger partial charge in [0.05, 0.1) is 37.4 Å². The van der Waals surface area contributed by atoms with Crippen LogP contribution in [0.15, 0.2) is 90.0 Å². The van der Waals surface area contributed by atoms with Gasteiger partial charge in [-0.15, -0.1) is 0 Å². The summed E-state index contributed by atoms with van der Waals surface area (Å²) in [6.07, 6.45) is 24.1. The van der Waals surface area contributed by atoms with Crippen LogP contribution in [-0.4, -0.2) is 114 Å². The number of anilines is 1. The molecule has 3 rings (SSSR count). The molecule has 2 saturated heterocycles. The van der Waals surface area contributed by atoms with Gasteiger partial charge in [-0.25, -0.2) is 13.9 Å². The van der Waals surface area contributed by atoms with Gasteiger partial charge in [0.25, 0.3) is 0 Å². The molecular weight excluding hydrogens is 1040 g/mol. The average Bonchev–Trinajstić information content (AvgIpc) is 3.37. The van der Waals surface area contributed by atoms with Crippen molar-refractivity contribution in [2.45, 2.75) is 192 Å². The first-order valence-corrected chi connectivity index (χ1v) is 30.0. The Bertz CT molecular complexity index is 2250. The quantitative estimate of drug-likeness (QED) is 0.0222. The van der Waals surface area contributed by atoms with Gasteiger partial charge in [-0.3, -0.25) is 28.0 Å². The molecule has 2 aliphatic rings. The Morgan fingerprint density at radius 3 is 2.05 bits per heavy atom. The van der Waals surface area contributed by atoms with E-state index in [-0.39, 0.29) is 37.9 Å². The second kappa shape index (κ2) is 37.6. The van der Waals surface area contributed by atoms with Crippen molar-refractivity contribution >= 4 is 39.2 Å². The standard InChI is InChI=1S/C54H85N3O18P2/c1-3-5-7-8-9-10-11-12-13-14-15-16-17-18-19-20-21-22-27-31-49(61)70-38-42-39-71-76(66,67)75-77(68,69)72-40-47-52(64)51(63)43(34-33-41(58)29-25-6-4-2)45(59)37-46(60)44(30-26-23-24-28-32-50(62)73-42)53(74-47)57-36-35-48(55)56-54(57)65/h9-10,12-13,15-16,18-19,21-22,33-36,41-45,47,51-53,58-59,63-64H,3-8,11,14,17,20,23-32,37-40H2,1-2H3,(H,66,67)(H,68,69)(H2,55,56,65)/b10-9-,13-12-,16-15-,19-18-,22-21-,34-33-/t41-,42+,43-,44-,45+,47+,51-,52+,53+/m0/s1. The van der Waals surface area contributed by atoms with E-state index in [0.717, 1.165) is 49.3 Å². The molecule has 8 N–H and O–H groups in total. The fraction of sp³-hybridized carbons (Fsp3) is 0.648. The number of fused-ring (bicyclic) bond motifs is 3. The molecule has 2 unspecified atom stereocenters. The van der Waals surface area contributed by atoms with E-state index in [0.29, 0.717) is 38.5 Å². The number of rotatable bonds is 24.